The molecule has 0 spiro atoms. The third-order valence-corrected chi connectivity index (χ3v) is 4.80. The second-order valence-corrected chi connectivity index (χ2v) is 6.23. The van der Waals surface area contributed by atoms with Crippen molar-refractivity contribution in [3.63, 3.8) is 0 Å². The Balaban J connectivity index is 1.43. The number of aromatic nitrogens is 1. The summed E-state index contributed by atoms with van der Waals surface area (Å²) in [5.74, 6) is 0. The van der Waals surface area contributed by atoms with Crippen molar-refractivity contribution >= 4 is 16.5 Å². The van der Waals surface area contributed by atoms with Crippen LogP contribution >= 0.6 is 11.3 Å². The van der Waals surface area contributed by atoms with Crippen molar-refractivity contribution in [2.24, 2.45) is 0 Å². The lowest BCUT2D eigenvalue weighted by Gasteiger charge is -2.34. The topological polar surface area (TPSA) is 39.6 Å². The molecule has 3 rings (SSSR count). The Morgan fingerprint density at radius 2 is 1.90 bits per heavy atom. The van der Waals surface area contributed by atoms with Gasteiger partial charge in [0.1, 0.15) is 0 Å². The van der Waals surface area contributed by atoms with Crippen LogP contribution in [0.5, 0.6) is 0 Å². The van der Waals surface area contributed by atoms with Crippen LogP contribution in [0.1, 0.15) is 18.1 Å². The number of nitrogens with zero attached hydrogens (tertiary/aromatic N) is 3. The Bertz CT molecular complexity index is 524. The Kier molecular flexibility index (Phi) is 4.85. The molecule has 1 unspecified atom stereocenters. The zero-order chi connectivity index (χ0) is 14.5. The summed E-state index contributed by atoms with van der Waals surface area (Å²) in [6.45, 7) is 5.08. The van der Waals surface area contributed by atoms with Gasteiger partial charge in [-0.1, -0.05) is 30.3 Å². The van der Waals surface area contributed by atoms with E-state index in [4.69, 9.17) is 0 Å². The SMILES string of the molecule is OC(CCN1CCN(c2nccs2)CC1)c1ccccc1. The third-order valence-electron chi connectivity index (χ3n) is 3.97. The van der Waals surface area contributed by atoms with Gasteiger partial charge in [-0.3, -0.25) is 4.90 Å². The van der Waals surface area contributed by atoms with E-state index in [9.17, 15) is 5.11 Å². The summed E-state index contributed by atoms with van der Waals surface area (Å²) < 4.78 is 0. The van der Waals surface area contributed by atoms with Gasteiger partial charge in [0.25, 0.3) is 0 Å². The number of hydrogen-bond acceptors (Lipinski definition) is 5. The van der Waals surface area contributed by atoms with Gasteiger partial charge in [0.15, 0.2) is 5.13 Å². The zero-order valence-electron chi connectivity index (χ0n) is 12.1. The molecule has 1 saturated heterocycles. The minimum atomic E-state index is -0.358. The predicted molar refractivity (Wildman–Crippen MR) is 86.8 cm³/mol. The normalized spacial score (nSPS) is 17.9. The molecule has 0 radical (unpaired) electrons. The maximum Gasteiger partial charge on any atom is 0.185 e. The summed E-state index contributed by atoms with van der Waals surface area (Å²) in [5, 5.41) is 13.4. The molecule has 1 N–H and O–H groups in total. The molecule has 2 aromatic rings. The van der Waals surface area contributed by atoms with Crippen molar-refractivity contribution in [3.05, 3.63) is 47.5 Å². The second kappa shape index (κ2) is 7.02. The van der Waals surface area contributed by atoms with Crippen LogP contribution in [0, 0.1) is 0 Å². The standard InChI is InChI=1S/C16H21N3OS/c20-15(14-4-2-1-3-5-14)6-8-18-9-11-19(12-10-18)16-17-7-13-21-16/h1-5,7,13,15,20H,6,8-12H2. The molecular weight excluding hydrogens is 282 g/mol. The number of anilines is 1. The van der Waals surface area contributed by atoms with Crippen molar-refractivity contribution < 1.29 is 5.11 Å². The first kappa shape index (κ1) is 14.5. The fraction of sp³-hybridized carbons (Fsp3) is 0.438. The summed E-state index contributed by atoms with van der Waals surface area (Å²) in [7, 11) is 0. The van der Waals surface area contributed by atoms with Gasteiger partial charge < -0.3 is 10.0 Å². The first-order valence-corrected chi connectivity index (χ1v) is 8.31. The highest BCUT2D eigenvalue weighted by molar-refractivity contribution is 7.13. The van der Waals surface area contributed by atoms with Crippen molar-refractivity contribution in [3.8, 4) is 0 Å². The molecule has 112 valence electrons. The highest BCUT2D eigenvalue weighted by atomic mass is 32.1. The number of thiazole rings is 1. The summed E-state index contributed by atoms with van der Waals surface area (Å²) in [6, 6.07) is 9.92. The van der Waals surface area contributed by atoms with Crippen molar-refractivity contribution in [1.82, 2.24) is 9.88 Å². The number of benzene rings is 1. The van der Waals surface area contributed by atoms with E-state index in [2.05, 4.69) is 14.8 Å². The van der Waals surface area contributed by atoms with E-state index in [0.717, 1.165) is 49.8 Å². The molecule has 0 saturated carbocycles. The molecule has 1 aromatic heterocycles. The van der Waals surface area contributed by atoms with Crippen LogP contribution < -0.4 is 4.90 Å². The summed E-state index contributed by atoms with van der Waals surface area (Å²) in [4.78, 5) is 9.13. The smallest absolute Gasteiger partial charge is 0.185 e. The second-order valence-electron chi connectivity index (χ2n) is 5.36. The van der Waals surface area contributed by atoms with Gasteiger partial charge in [-0.05, 0) is 12.0 Å². The van der Waals surface area contributed by atoms with Crippen LogP contribution in [-0.2, 0) is 0 Å². The van der Waals surface area contributed by atoms with Gasteiger partial charge in [-0.15, -0.1) is 11.3 Å². The number of hydrogen-bond donors (Lipinski definition) is 1. The lowest BCUT2D eigenvalue weighted by Crippen LogP contribution is -2.46. The zero-order valence-corrected chi connectivity index (χ0v) is 12.9. The molecule has 1 aromatic carbocycles. The lowest BCUT2D eigenvalue weighted by molar-refractivity contribution is 0.139. The largest absolute Gasteiger partial charge is 0.388 e. The van der Waals surface area contributed by atoms with Crippen molar-refractivity contribution in [2.75, 3.05) is 37.6 Å². The first-order valence-electron chi connectivity index (χ1n) is 7.43. The van der Waals surface area contributed by atoms with Gasteiger partial charge in [-0.2, -0.15) is 0 Å². The fourth-order valence-electron chi connectivity index (χ4n) is 2.68. The fourth-order valence-corrected chi connectivity index (χ4v) is 3.38. The molecule has 1 aliphatic heterocycles. The van der Waals surface area contributed by atoms with Crippen LogP contribution in [0.3, 0.4) is 0 Å². The van der Waals surface area contributed by atoms with Crippen LogP contribution in [-0.4, -0.2) is 47.7 Å². The number of aliphatic hydroxyl groups is 1. The van der Waals surface area contributed by atoms with E-state index >= 15 is 0 Å². The molecule has 0 aliphatic carbocycles. The average Bonchev–Trinajstić information content (AvgIpc) is 3.08. The molecule has 21 heavy (non-hydrogen) atoms. The highest BCUT2D eigenvalue weighted by Crippen LogP contribution is 2.20. The van der Waals surface area contributed by atoms with E-state index < -0.39 is 0 Å². The van der Waals surface area contributed by atoms with E-state index in [1.807, 2.05) is 41.9 Å². The van der Waals surface area contributed by atoms with Gasteiger partial charge in [0.05, 0.1) is 6.10 Å². The molecule has 0 amide bonds. The number of piperazine rings is 1. The Labute approximate surface area is 129 Å². The minimum Gasteiger partial charge on any atom is -0.388 e. The molecule has 1 aliphatic rings. The molecule has 1 atom stereocenters. The number of aliphatic hydroxyl groups excluding tert-OH is 1. The quantitative estimate of drug-likeness (QED) is 0.920. The van der Waals surface area contributed by atoms with Gasteiger partial charge in [0.2, 0.25) is 0 Å². The van der Waals surface area contributed by atoms with Crippen LogP contribution in [0.15, 0.2) is 41.9 Å². The van der Waals surface area contributed by atoms with Crippen molar-refractivity contribution in [2.45, 2.75) is 12.5 Å². The molecule has 1 fully saturated rings. The molecule has 5 heteroatoms. The monoisotopic (exact) mass is 303 g/mol. The number of rotatable bonds is 5. The maximum atomic E-state index is 10.2. The Morgan fingerprint density at radius 1 is 1.14 bits per heavy atom. The predicted octanol–water partition coefficient (Wildman–Crippen LogP) is 2.39. The Hall–Kier alpha value is -1.43. The van der Waals surface area contributed by atoms with E-state index in [1.165, 1.54) is 0 Å². The van der Waals surface area contributed by atoms with E-state index in [1.54, 1.807) is 11.3 Å². The first-order chi connectivity index (χ1) is 10.3. The summed E-state index contributed by atoms with van der Waals surface area (Å²) in [5.41, 5.74) is 1.01. The lowest BCUT2D eigenvalue weighted by atomic mass is 10.1. The van der Waals surface area contributed by atoms with Gasteiger partial charge >= 0.3 is 0 Å². The maximum absolute atomic E-state index is 10.2. The third kappa shape index (κ3) is 3.81. The van der Waals surface area contributed by atoms with E-state index in [0.29, 0.717) is 0 Å². The molecule has 4 nitrogen and oxygen atoms in total. The summed E-state index contributed by atoms with van der Waals surface area (Å²) in [6.07, 6.45) is 2.30. The van der Waals surface area contributed by atoms with E-state index in [-0.39, 0.29) is 6.10 Å². The molecular formula is C16H21N3OS. The van der Waals surface area contributed by atoms with Crippen LogP contribution in [0.25, 0.3) is 0 Å². The van der Waals surface area contributed by atoms with Gasteiger partial charge in [0, 0.05) is 44.3 Å². The van der Waals surface area contributed by atoms with Gasteiger partial charge in [-0.25, -0.2) is 4.98 Å². The van der Waals surface area contributed by atoms with Crippen molar-refractivity contribution in [1.29, 1.82) is 0 Å². The minimum absolute atomic E-state index is 0.358. The molecule has 2 heterocycles. The summed E-state index contributed by atoms with van der Waals surface area (Å²) >= 11 is 1.70. The van der Waals surface area contributed by atoms with Crippen LogP contribution in [0.4, 0.5) is 5.13 Å². The van der Waals surface area contributed by atoms with Crippen LogP contribution in [0.2, 0.25) is 0 Å². The average molecular weight is 303 g/mol. The highest BCUT2D eigenvalue weighted by Gasteiger charge is 2.19. The Morgan fingerprint density at radius 3 is 2.57 bits per heavy atom. The molecule has 0 bridgehead atoms.